The summed E-state index contributed by atoms with van der Waals surface area (Å²) in [5, 5.41) is 10.3. The van der Waals surface area contributed by atoms with Crippen molar-refractivity contribution in [3.63, 3.8) is 0 Å². The number of fused-ring (bicyclic) bond motifs is 1. The molecule has 0 fully saturated rings. The van der Waals surface area contributed by atoms with Gasteiger partial charge in [-0.3, -0.25) is 0 Å². The molecule has 39 heavy (non-hydrogen) atoms. The van der Waals surface area contributed by atoms with Crippen LogP contribution in [0.15, 0.2) is 78.9 Å². The SMILES string of the molecule is C=C(C)CO[C@@H](COc1ccc(OC)cc1C(=O)O)c1cccc(/C=C/c2ccc3cc(F)c(Cl)cc3n2)c1. The predicted octanol–water partition coefficient (Wildman–Crippen LogP) is 7.62. The number of aromatic nitrogens is 1. The maximum atomic E-state index is 13.7. The highest BCUT2D eigenvalue weighted by Gasteiger charge is 2.18. The van der Waals surface area contributed by atoms with Gasteiger partial charge >= 0.3 is 5.97 Å². The molecule has 200 valence electrons. The number of rotatable bonds is 11. The van der Waals surface area contributed by atoms with Crippen molar-refractivity contribution >= 4 is 40.6 Å². The molecule has 0 amide bonds. The molecule has 0 bridgehead atoms. The van der Waals surface area contributed by atoms with Crippen molar-refractivity contribution in [3.8, 4) is 11.5 Å². The molecular formula is C31H27ClFNO5. The lowest BCUT2D eigenvalue weighted by molar-refractivity contribution is 0.0314. The molecule has 6 nitrogen and oxygen atoms in total. The maximum Gasteiger partial charge on any atom is 0.339 e. The molecule has 4 rings (SSSR count). The first-order valence-corrected chi connectivity index (χ1v) is 12.4. The van der Waals surface area contributed by atoms with E-state index in [0.717, 1.165) is 16.7 Å². The van der Waals surface area contributed by atoms with Crippen molar-refractivity contribution in [2.75, 3.05) is 20.3 Å². The molecule has 0 aliphatic heterocycles. The largest absolute Gasteiger partial charge is 0.497 e. The number of carboxylic acids is 1. The fourth-order valence-electron chi connectivity index (χ4n) is 3.85. The van der Waals surface area contributed by atoms with Gasteiger partial charge in [0.05, 0.1) is 29.9 Å². The Morgan fingerprint density at radius 1 is 1.13 bits per heavy atom. The van der Waals surface area contributed by atoms with E-state index in [4.69, 9.17) is 25.8 Å². The number of aromatic carboxylic acids is 1. The fourth-order valence-corrected chi connectivity index (χ4v) is 4.01. The van der Waals surface area contributed by atoms with Crippen LogP contribution in [0.4, 0.5) is 4.39 Å². The predicted molar refractivity (Wildman–Crippen MR) is 151 cm³/mol. The Morgan fingerprint density at radius 3 is 2.69 bits per heavy atom. The quantitative estimate of drug-likeness (QED) is 0.195. The van der Waals surface area contributed by atoms with Crippen LogP contribution in [0, 0.1) is 5.82 Å². The third-order valence-corrected chi connectivity index (χ3v) is 6.11. The Kier molecular flexibility index (Phi) is 8.96. The fraction of sp³-hybridized carbons (Fsp3) is 0.161. The number of hydrogen-bond donors (Lipinski definition) is 1. The average molecular weight is 548 g/mol. The van der Waals surface area contributed by atoms with Gasteiger partial charge in [0.2, 0.25) is 0 Å². The standard InChI is InChI=1S/C31H27ClFNO5/c1-19(2)17-38-30(18-39-29-12-11-24(37-3)15-25(29)31(35)36)22-6-4-5-20(13-22)7-9-23-10-8-21-14-27(33)26(32)16-28(21)34-23/h4-16,30H,1,17-18H2,2-3H3,(H,35,36)/b9-7+/t30-/m0/s1. The summed E-state index contributed by atoms with van der Waals surface area (Å²) in [6.07, 6.45) is 3.27. The van der Waals surface area contributed by atoms with E-state index in [1.165, 1.54) is 25.3 Å². The number of carbonyl (C=O) groups is 1. The van der Waals surface area contributed by atoms with Gasteiger partial charge in [0.25, 0.3) is 0 Å². The lowest BCUT2D eigenvalue weighted by Crippen LogP contribution is -2.16. The van der Waals surface area contributed by atoms with E-state index in [1.54, 1.807) is 24.3 Å². The van der Waals surface area contributed by atoms with E-state index in [9.17, 15) is 14.3 Å². The third-order valence-electron chi connectivity index (χ3n) is 5.82. The van der Waals surface area contributed by atoms with E-state index in [1.807, 2.05) is 43.3 Å². The Morgan fingerprint density at radius 2 is 1.95 bits per heavy atom. The number of carboxylic acid groups (broad SMARTS) is 1. The van der Waals surface area contributed by atoms with Crippen molar-refractivity contribution in [1.29, 1.82) is 0 Å². The molecular weight excluding hydrogens is 521 g/mol. The monoisotopic (exact) mass is 547 g/mol. The Labute approximate surface area is 230 Å². The van der Waals surface area contributed by atoms with Gasteiger partial charge in [-0.1, -0.05) is 54.1 Å². The van der Waals surface area contributed by atoms with E-state index >= 15 is 0 Å². The Bertz CT molecular complexity index is 1550. The van der Waals surface area contributed by atoms with E-state index < -0.39 is 17.9 Å². The number of benzene rings is 3. The second-order valence-corrected chi connectivity index (χ2v) is 9.34. The van der Waals surface area contributed by atoms with Crippen molar-refractivity contribution in [1.82, 2.24) is 4.98 Å². The molecule has 0 spiro atoms. The summed E-state index contributed by atoms with van der Waals surface area (Å²) in [7, 11) is 1.47. The molecule has 0 saturated heterocycles. The molecule has 8 heteroatoms. The van der Waals surface area contributed by atoms with Crippen LogP contribution in [0.1, 0.15) is 40.2 Å². The zero-order valence-corrected chi connectivity index (χ0v) is 22.2. The van der Waals surface area contributed by atoms with E-state index in [2.05, 4.69) is 11.6 Å². The second-order valence-electron chi connectivity index (χ2n) is 8.93. The summed E-state index contributed by atoms with van der Waals surface area (Å²) in [5.74, 6) is -0.967. The normalized spacial score (nSPS) is 12.0. The first kappa shape index (κ1) is 27.8. The van der Waals surface area contributed by atoms with Crippen LogP contribution >= 0.6 is 11.6 Å². The first-order valence-electron chi connectivity index (χ1n) is 12.1. The van der Waals surface area contributed by atoms with Gasteiger partial charge in [0.15, 0.2) is 0 Å². The molecule has 1 N–H and O–H groups in total. The van der Waals surface area contributed by atoms with Crippen molar-refractivity contribution < 1.29 is 28.5 Å². The van der Waals surface area contributed by atoms with E-state index in [-0.39, 0.29) is 22.9 Å². The highest BCUT2D eigenvalue weighted by Crippen LogP contribution is 2.28. The summed E-state index contributed by atoms with van der Waals surface area (Å²) in [6.45, 7) is 6.16. The van der Waals surface area contributed by atoms with Gasteiger partial charge in [-0.25, -0.2) is 14.2 Å². The molecule has 0 unspecified atom stereocenters. The summed E-state index contributed by atoms with van der Waals surface area (Å²) in [6, 6.07) is 18.8. The van der Waals surface area contributed by atoms with Crippen LogP contribution in [0.25, 0.3) is 23.1 Å². The molecule has 0 saturated carbocycles. The lowest BCUT2D eigenvalue weighted by Gasteiger charge is -2.20. The van der Waals surface area contributed by atoms with Crippen LogP contribution in [-0.2, 0) is 4.74 Å². The molecule has 0 radical (unpaired) electrons. The topological polar surface area (TPSA) is 77.9 Å². The van der Waals surface area contributed by atoms with Gasteiger partial charge in [0, 0.05) is 5.39 Å². The smallest absolute Gasteiger partial charge is 0.339 e. The molecule has 1 atom stereocenters. The van der Waals surface area contributed by atoms with Crippen LogP contribution in [0.5, 0.6) is 11.5 Å². The number of hydrogen-bond acceptors (Lipinski definition) is 5. The lowest BCUT2D eigenvalue weighted by atomic mass is 10.1. The average Bonchev–Trinajstić information content (AvgIpc) is 2.92. The molecule has 3 aromatic carbocycles. The number of methoxy groups -OCH3 is 1. The Balaban J connectivity index is 1.56. The highest BCUT2D eigenvalue weighted by atomic mass is 35.5. The van der Waals surface area contributed by atoms with Crippen LogP contribution in [-0.4, -0.2) is 36.4 Å². The summed E-state index contributed by atoms with van der Waals surface area (Å²) >= 11 is 5.91. The Hall–Kier alpha value is -4.20. The van der Waals surface area contributed by atoms with E-state index in [0.29, 0.717) is 29.0 Å². The minimum atomic E-state index is -1.12. The zero-order chi connectivity index (χ0) is 27.9. The molecule has 0 aliphatic rings. The van der Waals surface area contributed by atoms with Gasteiger partial charge < -0.3 is 19.3 Å². The minimum Gasteiger partial charge on any atom is -0.497 e. The van der Waals surface area contributed by atoms with Crippen LogP contribution < -0.4 is 9.47 Å². The minimum absolute atomic E-state index is 0.00315. The van der Waals surface area contributed by atoms with Gasteiger partial charge in [0.1, 0.15) is 35.6 Å². The maximum absolute atomic E-state index is 13.7. The van der Waals surface area contributed by atoms with Gasteiger partial charge in [-0.2, -0.15) is 0 Å². The number of halogens is 2. The second kappa shape index (κ2) is 12.6. The molecule has 4 aromatic rings. The summed E-state index contributed by atoms with van der Waals surface area (Å²) in [5.41, 5.74) is 3.87. The highest BCUT2D eigenvalue weighted by molar-refractivity contribution is 6.31. The molecule has 0 aliphatic carbocycles. The number of nitrogens with zero attached hydrogens (tertiary/aromatic N) is 1. The zero-order valence-electron chi connectivity index (χ0n) is 21.5. The number of ether oxygens (including phenoxy) is 3. The van der Waals surface area contributed by atoms with Crippen molar-refractivity contribution in [2.45, 2.75) is 13.0 Å². The summed E-state index contributed by atoms with van der Waals surface area (Å²) < 4.78 is 30.8. The van der Waals surface area contributed by atoms with Gasteiger partial charge in [-0.05, 0) is 66.6 Å². The molecule has 1 heterocycles. The van der Waals surface area contributed by atoms with Crippen molar-refractivity contribution in [2.24, 2.45) is 0 Å². The van der Waals surface area contributed by atoms with Gasteiger partial charge in [-0.15, -0.1) is 0 Å². The number of pyridine rings is 1. The first-order chi connectivity index (χ1) is 18.7. The summed E-state index contributed by atoms with van der Waals surface area (Å²) in [4.78, 5) is 16.3. The third kappa shape index (κ3) is 7.22. The van der Waals surface area contributed by atoms with Crippen LogP contribution in [0.3, 0.4) is 0 Å². The van der Waals surface area contributed by atoms with Crippen molar-refractivity contribution in [3.05, 3.63) is 112 Å². The van der Waals surface area contributed by atoms with Crippen LogP contribution in [0.2, 0.25) is 5.02 Å². The molecule has 1 aromatic heterocycles.